The maximum Gasteiger partial charge on any atom is 0.414 e. The number of ether oxygens (including phenoxy) is 1. The van der Waals surface area contributed by atoms with Gasteiger partial charge >= 0.3 is 6.09 Å². The van der Waals surface area contributed by atoms with Gasteiger partial charge in [0, 0.05) is 12.4 Å². The second-order valence-corrected chi connectivity index (χ2v) is 5.71. The Hall–Kier alpha value is -2.76. The predicted octanol–water partition coefficient (Wildman–Crippen LogP) is 3.59. The zero-order chi connectivity index (χ0) is 16.6. The lowest BCUT2D eigenvalue weighted by Gasteiger charge is -2.06. The molecule has 1 amide bonds. The molecule has 0 atom stereocenters. The van der Waals surface area contributed by atoms with Gasteiger partial charge in [-0.25, -0.2) is 14.8 Å². The molecule has 1 aliphatic carbocycles. The zero-order valence-corrected chi connectivity index (χ0v) is 13.4. The molecule has 6 nitrogen and oxygen atoms in total. The smallest absolute Gasteiger partial charge is 0.414 e. The Kier molecular flexibility index (Phi) is 5.50. The number of benzene rings is 1. The fourth-order valence-corrected chi connectivity index (χ4v) is 2.59. The summed E-state index contributed by atoms with van der Waals surface area (Å²) in [5.41, 5.74) is 1.60. The minimum Gasteiger partial charge on any atom is -0.444 e. The lowest BCUT2D eigenvalue weighted by Crippen LogP contribution is -2.16. The summed E-state index contributed by atoms with van der Waals surface area (Å²) in [4.78, 5) is 24.6. The number of nitrogens with one attached hydrogen (secondary N) is 1. The van der Waals surface area contributed by atoms with Crippen LogP contribution in [0.5, 0.6) is 0 Å². The van der Waals surface area contributed by atoms with Gasteiger partial charge in [-0.15, -0.1) is 0 Å². The van der Waals surface area contributed by atoms with Crippen LogP contribution in [0.3, 0.4) is 0 Å². The standard InChI is InChI=1S/C18H20N4O2/c23-18(24-13-14-6-2-1-3-7-14)22-17-19-11-10-16(21-17)12-20-15-8-4-5-9-15/h1-3,6-7,10-12,15H,4-5,8-9,13H2,(H,19,21,22,23). The van der Waals surface area contributed by atoms with Crippen molar-refractivity contribution in [2.45, 2.75) is 38.3 Å². The van der Waals surface area contributed by atoms with Crippen LogP contribution in [0.25, 0.3) is 0 Å². The SMILES string of the molecule is O=C(Nc1nccc(C=NC2CCCC2)n1)OCc1ccccc1. The predicted molar refractivity (Wildman–Crippen MR) is 92.1 cm³/mol. The van der Waals surface area contributed by atoms with E-state index in [1.54, 1.807) is 18.5 Å². The van der Waals surface area contributed by atoms with Gasteiger partial charge in [-0.2, -0.15) is 0 Å². The Morgan fingerprint density at radius 1 is 1.25 bits per heavy atom. The number of anilines is 1. The average Bonchev–Trinajstić information content (AvgIpc) is 3.13. The normalized spacial score (nSPS) is 14.8. The lowest BCUT2D eigenvalue weighted by atomic mass is 10.2. The topological polar surface area (TPSA) is 76.5 Å². The fourth-order valence-electron chi connectivity index (χ4n) is 2.59. The Morgan fingerprint density at radius 3 is 2.83 bits per heavy atom. The molecule has 3 rings (SSSR count). The molecular weight excluding hydrogens is 304 g/mol. The van der Waals surface area contributed by atoms with Crippen molar-refractivity contribution >= 4 is 18.3 Å². The first-order valence-electron chi connectivity index (χ1n) is 8.13. The molecule has 1 aromatic carbocycles. The van der Waals surface area contributed by atoms with E-state index in [-0.39, 0.29) is 12.6 Å². The summed E-state index contributed by atoms with van der Waals surface area (Å²) in [6.07, 6.45) is 7.52. The highest BCUT2D eigenvalue weighted by Gasteiger charge is 2.12. The van der Waals surface area contributed by atoms with Crippen LogP contribution in [0.1, 0.15) is 36.9 Å². The average molecular weight is 324 g/mol. The molecule has 2 aromatic rings. The summed E-state index contributed by atoms with van der Waals surface area (Å²) in [6.45, 7) is 0.204. The molecule has 1 heterocycles. The zero-order valence-electron chi connectivity index (χ0n) is 13.4. The van der Waals surface area contributed by atoms with Crippen molar-refractivity contribution in [3.8, 4) is 0 Å². The van der Waals surface area contributed by atoms with Crippen molar-refractivity contribution in [3.63, 3.8) is 0 Å². The molecule has 0 bridgehead atoms. The van der Waals surface area contributed by atoms with Crippen LogP contribution in [0.4, 0.5) is 10.7 Å². The van der Waals surface area contributed by atoms with Gasteiger partial charge in [-0.3, -0.25) is 10.3 Å². The highest BCUT2D eigenvalue weighted by Crippen LogP contribution is 2.20. The number of rotatable bonds is 5. The van der Waals surface area contributed by atoms with E-state index in [1.807, 2.05) is 30.3 Å². The van der Waals surface area contributed by atoms with Crippen molar-refractivity contribution in [3.05, 3.63) is 53.9 Å². The quantitative estimate of drug-likeness (QED) is 0.853. The molecule has 0 saturated heterocycles. The lowest BCUT2D eigenvalue weighted by molar-refractivity contribution is 0.155. The molecule has 1 N–H and O–H groups in total. The van der Waals surface area contributed by atoms with Gasteiger partial charge in [0.05, 0.1) is 11.7 Å². The highest BCUT2D eigenvalue weighted by molar-refractivity contribution is 5.83. The monoisotopic (exact) mass is 324 g/mol. The van der Waals surface area contributed by atoms with Crippen molar-refractivity contribution < 1.29 is 9.53 Å². The molecule has 1 fully saturated rings. The summed E-state index contributed by atoms with van der Waals surface area (Å²) in [7, 11) is 0. The largest absolute Gasteiger partial charge is 0.444 e. The highest BCUT2D eigenvalue weighted by atomic mass is 16.5. The van der Waals surface area contributed by atoms with Crippen molar-refractivity contribution in [2.24, 2.45) is 4.99 Å². The van der Waals surface area contributed by atoms with Crippen molar-refractivity contribution in [2.75, 3.05) is 5.32 Å². The van der Waals surface area contributed by atoms with E-state index in [9.17, 15) is 4.79 Å². The Bertz CT molecular complexity index is 697. The second kappa shape index (κ2) is 8.19. The number of nitrogens with zero attached hydrogens (tertiary/aromatic N) is 3. The number of aliphatic imine (C=N–C) groups is 1. The minimum absolute atomic E-state index is 0.204. The summed E-state index contributed by atoms with van der Waals surface area (Å²) < 4.78 is 5.15. The van der Waals surface area contributed by atoms with Crippen molar-refractivity contribution in [1.82, 2.24) is 9.97 Å². The first-order valence-corrected chi connectivity index (χ1v) is 8.13. The third-order valence-electron chi connectivity index (χ3n) is 3.85. The first kappa shape index (κ1) is 16.1. The van der Waals surface area contributed by atoms with E-state index in [0.29, 0.717) is 11.7 Å². The molecule has 1 saturated carbocycles. The molecule has 0 spiro atoms. The summed E-state index contributed by atoms with van der Waals surface area (Å²) in [6, 6.07) is 11.6. The van der Waals surface area contributed by atoms with Crippen LogP contribution in [0.15, 0.2) is 47.6 Å². The van der Waals surface area contributed by atoms with Gasteiger partial charge < -0.3 is 4.74 Å². The van der Waals surface area contributed by atoms with Crippen LogP contribution in [0, 0.1) is 0 Å². The van der Waals surface area contributed by atoms with Gasteiger partial charge in [0.2, 0.25) is 5.95 Å². The van der Waals surface area contributed by atoms with Gasteiger partial charge in [-0.05, 0) is 24.5 Å². The molecule has 0 unspecified atom stereocenters. The Balaban J connectivity index is 1.52. The number of carbonyl (C=O) groups is 1. The van der Waals surface area contributed by atoms with Gasteiger partial charge in [0.1, 0.15) is 6.61 Å². The number of amides is 1. The van der Waals surface area contributed by atoms with Crippen LogP contribution < -0.4 is 5.32 Å². The number of hydrogen-bond acceptors (Lipinski definition) is 5. The molecular formula is C18H20N4O2. The van der Waals surface area contributed by atoms with Crippen molar-refractivity contribution in [1.29, 1.82) is 0 Å². The summed E-state index contributed by atoms with van der Waals surface area (Å²) in [5.74, 6) is 0.212. The number of aromatic nitrogens is 2. The maximum atomic E-state index is 11.8. The Labute approximate surface area is 141 Å². The fraction of sp³-hybridized carbons (Fsp3) is 0.333. The van der Waals surface area contributed by atoms with Gasteiger partial charge in [-0.1, -0.05) is 43.2 Å². The maximum absolute atomic E-state index is 11.8. The molecule has 0 radical (unpaired) electrons. The third kappa shape index (κ3) is 4.87. The van der Waals surface area contributed by atoms with E-state index in [4.69, 9.17) is 4.74 Å². The third-order valence-corrected chi connectivity index (χ3v) is 3.85. The van der Waals surface area contributed by atoms with Crippen LogP contribution in [-0.2, 0) is 11.3 Å². The van der Waals surface area contributed by atoms with E-state index in [2.05, 4.69) is 20.3 Å². The van der Waals surface area contributed by atoms with E-state index < -0.39 is 6.09 Å². The van der Waals surface area contributed by atoms with Gasteiger partial charge in [0.15, 0.2) is 0 Å². The summed E-state index contributed by atoms with van der Waals surface area (Å²) in [5, 5.41) is 2.54. The Morgan fingerprint density at radius 2 is 2.04 bits per heavy atom. The molecule has 1 aromatic heterocycles. The van der Waals surface area contributed by atoms with E-state index >= 15 is 0 Å². The van der Waals surface area contributed by atoms with Crippen LogP contribution in [0.2, 0.25) is 0 Å². The summed E-state index contributed by atoms with van der Waals surface area (Å²) >= 11 is 0. The minimum atomic E-state index is -0.580. The van der Waals surface area contributed by atoms with Gasteiger partial charge in [0.25, 0.3) is 0 Å². The second-order valence-electron chi connectivity index (χ2n) is 5.71. The van der Waals surface area contributed by atoms with E-state index in [1.165, 1.54) is 12.8 Å². The van der Waals surface area contributed by atoms with Crippen LogP contribution in [-0.4, -0.2) is 28.3 Å². The molecule has 0 aliphatic heterocycles. The first-order chi connectivity index (χ1) is 11.8. The van der Waals surface area contributed by atoms with Crippen LogP contribution >= 0.6 is 0 Å². The number of hydrogen-bond donors (Lipinski definition) is 1. The number of carbonyl (C=O) groups excluding carboxylic acids is 1. The molecule has 6 heteroatoms. The molecule has 24 heavy (non-hydrogen) atoms. The molecule has 124 valence electrons. The van der Waals surface area contributed by atoms with E-state index in [0.717, 1.165) is 18.4 Å². The molecule has 1 aliphatic rings.